The number of anilines is 1. The molecule has 0 amide bonds. The van der Waals surface area contributed by atoms with E-state index in [1.165, 1.54) is 12.1 Å². The molecule has 1 fully saturated rings. The Kier molecular flexibility index (Phi) is 6.93. The SMILES string of the molecule is CN=C(NCC1CCN(c2cccc(OC)c2)C1)NCC(C)(C)OC. The maximum absolute atomic E-state index is 5.43. The lowest BCUT2D eigenvalue weighted by atomic mass is 10.1. The molecule has 1 atom stereocenters. The maximum Gasteiger partial charge on any atom is 0.191 e. The fourth-order valence-electron chi connectivity index (χ4n) is 2.87. The van der Waals surface area contributed by atoms with E-state index in [1.807, 2.05) is 12.1 Å². The van der Waals surface area contributed by atoms with Crippen LogP contribution in [0.4, 0.5) is 5.69 Å². The number of nitrogens with zero attached hydrogens (tertiary/aromatic N) is 2. The van der Waals surface area contributed by atoms with E-state index in [2.05, 4.69) is 46.5 Å². The molecule has 0 aliphatic carbocycles. The highest BCUT2D eigenvalue weighted by molar-refractivity contribution is 5.79. The quantitative estimate of drug-likeness (QED) is 0.584. The van der Waals surface area contributed by atoms with E-state index in [1.54, 1.807) is 21.3 Å². The summed E-state index contributed by atoms with van der Waals surface area (Å²) in [5.41, 5.74) is 1.01. The van der Waals surface area contributed by atoms with Gasteiger partial charge < -0.3 is 25.0 Å². The monoisotopic (exact) mass is 348 g/mol. The fourth-order valence-corrected chi connectivity index (χ4v) is 2.87. The van der Waals surface area contributed by atoms with E-state index in [-0.39, 0.29) is 5.60 Å². The number of rotatable bonds is 7. The average molecular weight is 348 g/mol. The number of aliphatic imine (C=N–C) groups is 1. The number of guanidine groups is 1. The van der Waals surface area contributed by atoms with E-state index >= 15 is 0 Å². The van der Waals surface area contributed by atoms with Crippen LogP contribution in [0.15, 0.2) is 29.3 Å². The molecule has 0 radical (unpaired) electrons. The Bertz CT molecular complexity index is 574. The fraction of sp³-hybridized carbons (Fsp3) is 0.632. The van der Waals surface area contributed by atoms with Crippen LogP contribution in [0.25, 0.3) is 0 Å². The number of benzene rings is 1. The van der Waals surface area contributed by atoms with E-state index in [0.717, 1.165) is 31.3 Å². The highest BCUT2D eigenvalue weighted by atomic mass is 16.5. The van der Waals surface area contributed by atoms with Gasteiger partial charge in [0.2, 0.25) is 0 Å². The second-order valence-corrected chi connectivity index (χ2v) is 7.07. The number of nitrogens with one attached hydrogen (secondary N) is 2. The summed E-state index contributed by atoms with van der Waals surface area (Å²) < 4.78 is 10.8. The van der Waals surface area contributed by atoms with Crippen LogP contribution in [0.3, 0.4) is 0 Å². The van der Waals surface area contributed by atoms with Gasteiger partial charge in [0.1, 0.15) is 5.75 Å². The van der Waals surface area contributed by atoms with Gasteiger partial charge in [-0.2, -0.15) is 0 Å². The third-order valence-corrected chi connectivity index (χ3v) is 4.72. The van der Waals surface area contributed by atoms with E-state index in [0.29, 0.717) is 12.5 Å². The van der Waals surface area contributed by atoms with Gasteiger partial charge >= 0.3 is 0 Å². The third kappa shape index (κ3) is 5.81. The lowest BCUT2D eigenvalue weighted by molar-refractivity contribution is 0.0268. The summed E-state index contributed by atoms with van der Waals surface area (Å²) in [5.74, 6) is 2.33. The molecule has 6 heteroatoms. The van der Waals surface area contributed by atoms with Gasteiger partial charge in [-0.3, -0.25) is 4.99 Å². The Hall–Kier alpha value is -1.95. The topological polar surface area (TPSA) is 58.1 Å². The van der Waals surface area contributed by atoms with Gasteiger partial charge in [0.25, 0.3) is 0 Å². The Labute approximate surface area is 151 Å². The second-order valence-electron chi connectivity index (χ2n) is 7.07. The molecule has 6 nitrogen and oxygen atoms in total. The van der Waals surface area contributed by atoms with Crippen LogP contribution in [0.5, 0.6) is 5.75 Å². The molecule has 25 heavy (non-hydrogen) atoms. The Balaban J connectivity index is 1.80. The summed E-state index contributed by atoms with van der Waals surface area (Å²) in [6.07, 6.45) is 1.17. The van der Waals surface area contributed by atoms with Gasteiger partial charge in [-0.1, -0.05) is 6.07 Å². The number of ether oxygens (including phenoxy) is 2. The van der Waals surface area contributed by atoms with Crippen LogP contribution >= 0.6 is 0 Å². The summed E-state index contributed by atoms with van der Waals surface area (Å²) in [5, 5.41) is 6.76. The maximum atomic E-state index is 5.43. The Morgan fingerprint density at radius 2 is 2.12 bits per heavy atom. The highest BCUT2D eigenvalue weighted by Gasteiger charge is 2.23. The van der Waals surface area contributed by atoms with Crippen molar-refractivity contribution in [2.24, 2.45) is 10.9 Å². The molecule has 1 aromatic carbocycles. The highest BCUT2D eigenvalue weighted by Crippen LogP contribution is 2.26. The first-order valence-corrected chi connectivity index (χ1v) is 8.86. The van der Waals surface area contributed by atoms with Crippen LogP contribution in [0, 0.1) is 5.92 Å². The van der Waals surface area contributed by atoms with Crippen LogP contribution in [-0.4, -0.2) is 59.0 Å². The number of methoxy groups -OCH3 is 2. The summed E-state index contributed by atoms with van der Waals surface area (Å²) in [6, 6.07) is 8.27. The number of hydrogen-bond donors (Lipinski definition) is 2. The molecule has 1 saturated heterocycles. The smallest absolute Gasteiger partial charge is 0.191 e. The first kappa shape index (κ1) is 19.4. The van der Waals surface area contributed by atoms with Crippen molar-refractivity contribution in [1.82, 2.24) is 10.6 Å². The van der Waals surface area contributed by atoms with Crippen LogP contribution in [0.2, 0.25) is 0 Å². The van der Waals surface area contributed by atoms with Gasteiger partial charge in [-0.25, -0.2) is 0 Å². The Morgan fingerprint density at radius 3 is 2.80 bits per heavy atom. The second kappa shape index (κ2) is 8.94. The molecule has 2 N–H and O–H groups in total. The van der Waals surface area contributed by atoms with Crippen molar-refractivity contribution in [2.75, 3.05) is 52.3 Å². The molecule has 0 saturated carbocycles. The van der Waals surface area contributed by atoms with Crippen molar-refractivity contribution in [2.45, 2.75) is 25.9 Å². The van der Waals surface area contributed by atoms with E-state index in [4.69, 9.17) is 9.47 Å². The molecule has 1 aliphatic rings. The van der Waals surface area contributed by atoms with Crippen molar-refractivity contribution in [3.8, 4) is 5.75 Å². The lowest BCUT2D eigenvalue weighted by Crippen LogP contribution is -2.46. The molecule has 1 heterocycles. The molecule has 1 unspecified atom stereocenters. The lowest BCUT2D eigenvalue weighted by Gasteiger charge is -2.25. The molecule has 1 aromatic rings. The average Bonchev–Trinajstić information content (AvgIpc) is 3.11. The normalized spacial score (nSPS) is 18.4. The summed E-state index contributed by atoms with van der Waals surface area (Å²) >= 11 is 0. The van der Waals surface area contributed by atoms with Crippen LogP contribution in [0.1, 0.15) is 20.3 Å². The van der Waals surface area contributed by atoms with E-state index in [9.17, 15) is 0 Å². The summed E-state index contributed by atoms with van der Waals surface area (Å²) in [6.45, 7) is 7.84. The minimum absolute atomic E-state index is 0.214. The minimum atomic E-state index is -0.214. The van der Waals surface area contributed by atoms with Crippen LogP contribution < -0.4 is 20.3 Å². The molecule has 0 aromatic heterocycles. The third-order valence-electron chi connectivity index (χ3n) is 4.72. The largest absolute Gasteiger partial charge is 0.497 e. The first-order valence-electron chi connectivity index (χ1n) is 8.86. The van der Waals surface area contributed by atoms with Crippen molar-refractivity contribution in [1.29, 1.82) is 0 Å². The summed E-state index contributed by atoms with van der Waals surface area (Å²) in [4.78, 5) is 6.71. The Morgan fingerprint density at radius 1 is 1.32 bits per heavy atom. The van der Waals surface area contributed by atoms with Crippen molar-refractivity contribution in [3.05, 3.63) is 24.3 Å². The molecule has 2 rings (SSSR count). The first-order chi connectivity index (χ1) is 12.0. The predicted octanol–water partition coefficient (Wildman–Crippen LogP) is 2.11. The predicted molar refractivity (Wildman–Crippen MR) is 104 cm³/mol. The van der Waals surface area contributed by atoms with Gasteiger partial charge in [0, 0.05) is 52.1 Å². The van der Waals surface area contributed by atoms with Crippen LogP contribution in [-0.2, 0) is 4.74 Å². The number of hydrogen-bond acceptors (Lipinski definition) is 4. The molecular formula is C19H32N4O2. The molecular weight excluding hydrogens is 316 g/mol. The van der Waals surface area contributed by atoms with Crippen molar-refractivity contribution >= 4 is 11.6 Å². The molecule has 1 aliphatic heterocycles. The zero-order valence-corrected chi connectivity index (χ0v) is 16.1. The summed E-state index contributed by atoms with van der Waals surface area (Å²) in [7, 11) is 5.23. The van der Waals surface area contributed by atoms with E-state index < -0.39 is 0 Å². The molecule has 140 valence electrons. The minimum Gasteiger partial charge on any atom is -0.497 e. The van der Waals surface area contributed by atoms with Gasteiger partial charge in [0.05, 0.1) is 12.7 Å². The van der Waals surface area contributed by atoms with Crippen molar-refractivity contribution < 1.29 is 9.47 Å². The molecule has 0 bridgehead atoms. The zero-order valence-electron chi connectivity index (χ0n) is 16.1. The van der Waals surface area contributed by atoms with Crippen molar-refractivity contribution in [3.63, 3.8) is 0 Å². The van der Waals surface area contributed by atoms with Gasteiger partial charge in [-0.05, 0) is 38.3 Å². The molecule has 0 spiro atoms. The standard InChI is InChI=1S/C19H32N4O2/c1-19(2,25-5)14-22-18(20-3)21-12-15-9-10-23(13-15)16-7-6-8-17(11-16)24-4/h6-8,11,15H,9-10,12-14H2,1-5H3,(H2,20,21,22). The van der Waals surface area contributed by atoms with Gasteiger partial charge in [0.15, 0.2) is 5.96 Å². The van der Waals surface area contributed by atoms with Gasteiger partial charge in [-0.15, -0.1) is 0 Å². The zero-order chi connectivity index (χ0) is 18.3.